The van der Waals surface area contributed by atoms with Gasteiger partial charge in [-0.1, -0.05) is 41.6 Å². The number of hydrogen-bond acceptors (Lipinski definition) is 4. The van der Waals surface area contributed by atoms with Crippen LogP contribution < -0.4 is 0 Å². The van der Waals surface area contributed by atoms with E-state index in [0.29, 0.717) is 11.0 Å². The van der Waals surface area contributed by atoms with Gasteiger partial charge >= 0.3 is 6.09 Å². The average molecular weight is 267 g/mol. The van der Waals surface area contributed by atoms with Crippen LogP contribution in [0.2, 0.25) is 0 Å². The molecule has 0 bridgehead atoms. The molecule has 0 amide bonds. The summed E-state index contributed by atoms with van der Waals surface area (Å²) in [6, 6.07) is 15.1. The Balaban J connectivity index is 1.79. The molecule has 0 saturated heterocycles. The zero-order valence-electron chi connectivity index (χ0n) is 11.0. The SMILES string of the molecule is Cc1ccc2c(c1)nnn2C(=O)OCc1ccccc1. The van der Waals surface area contributed by atoms with Gasteiger partial charge in [0.25, 0.3) is 0 Å². The predicted molar refractivity (Wildman–Crippen MR) is 74.3 cm³/mol. The molecule has 0 spiro atoms. The molecule has 0 aliphatic carbocycles. The minimum atomic E-state index is -0.528. The van der Waals surface area contributed by atoms with Crippen molar-refractivity contribution in [1.29, 1.82) is 0 Å². The molecule has 0 aliphatic heterocycles. The summed E-state index contributed by atoms with van der Waals surface area (Å²) in [6.07, 6.45) is -0.528. The Bertz CT molecular complexity index is 750. The summed E-state index contributed by atoms with van der Waals surface area (Å²) in [5.74, 6) is 0. The highest BCUT2D eigenvalue weighted by Gasteiger charge is 2.13. The Hall–Kier alpha value is -2.69. The molecule has 0 unspecified atom stereocenters. The number of carbonyl (C=O) groups is 1. The van der Waals surface area contributed by atoms with Gasteiger partial charge in [0.15, 0.2) is 0 Å². The largest absolute Gasteiger partial charge is 0.443 e. The van der Waals surface area contributed by atoms with Gasteiger partial charge in [-0.15, -0.1) is 9.78 Å². The van der Waals surface area contributed by atoms with Crippen molar-refractivity contribution in [3.8, 4) is 0 Å². The van der Waals surface area contributed by atoms with Crippen molar-refractivity contribution < 1.29 is 9.53 Å². The Morgan fingerprint density at radius 2 is 2.00 bits per heavy atom. The van der Waals surface area contributed by atoms with Crippen LogP contribution in [-0.4, -0.2) is 21.1 Å². The van der Waals surface area contributed by atoms with Gasteiger partial charge in [-0.3, -0.25) is 0 Å². The number of rotatable bonds is 2. The minimum absolute atomic E-state index is 0.215. The molecule has 0 saturated carbocycles. The van der Waals surface area contributed by atoms with Crippen molar-refractivity contribution in [1.82, 2.24) is 15.0 Å². The van der Waals surface area contributed by atoms with Crippen LogP contribution in [0.4, 0.5) is 4.79 Å². The topological polar surface area (TPSA) is 57.0 Å². The number of aryl methyl sites for hydroxylation is 1. The van der Waals surface area contributed by atoms with E-state index in [0.717, 1.165) is 11.1 Å². The average Bonchev–Trinajstić information content (AvgIpc) is 2.89. The van der Waals surface area contributed by atoms with Crippen molar-refractivity contribution in [3.05, 3.63) is 59.7 Å². The first-order chi connectivity index (χ1) is 9.74. The second-order valence-corrected chi connectivity index (χ2v) is 4.53. The molecule has 0 aliphatic rings. The monoisotopic (exact) mass is 267 g/mol. The van der Waals surface area contributed by atoms with Gasteiger partial charge in [0, 0.05) is 0 Å². The van der Waals surface area contributed by atoms with Gasteiger partial charge in [-0.2, -0.15) is 0 Å². The number of hydrogen-bond donors (Lipinski definition) is 0. The van der Waals surface area contributed by atoms with Gasteiger partial charge in [-0.25, -0.2) is 4.79 Å². The number of benzene rings is 2. The molecule has 1 heterocycles. The molecule has 5 heteroatoms. The highest BCUT2D eigenvalue weighted by Crippen LogP contribution is 2.13. The third kappa shape index (κ3) is 2.38. The maximum absolute atomic E-state index is 12.0. The van der Waals surface area contributed by atoms with Gasteiger partial charge in [-0.05, 0) is 30.2 Å². The molecule has 0 N–H and O–H groups in total. The summed E-state index contributed by atoms with van der Waals surface area (Å²) in [7, 11) is 0. The van der Waals surface area contributed by atoms with E-state index < -0.39 is 6.09 Å². The zero-order chi connectivity index (χ0) is 13.9. The molecule has 0 radical (unpaired) electrons. The predicted octanol–water partition coefficient (Wildman–Crippen LogP) is 2.92. The summed E-state index contributed by atoms with van der Waals surface area (Å²) < 4.78 is 6.41. The van der Waals surface area contributed by atoms with Crippen molar-refractivity contribution in [3.63, 3.8) is 0 Å². The molecule has 0 atom stereocenters. The maximum Gasteiger partial charge on any atom is 0.437 e. The van der Waals surface area contributed by atoms with Gasteiger partial charge in [0.2, 0.25) is 0 Å². The maximum atomic E-state index is 12.0. The van der Waals surface area contributed by atoms with Crippen LogP contribution in [-0.2, 0) is 11.3 Å². The van der Waals surface area contributed by atoms with Crippen LogP contribution in [0, 0.1) is 6.92 Å². The van der Waals surface area contributed by atoms with Crippen molar-refractivity contribution >= 4 is 17.1 Å². The van der Waals surface area contributed by atoms with E-state index in [1.54, 1.807) is 0 Å². The highest BCUT2D eigenvalue weighted by atomic mass is 16.6. The minimum Gasteiger partial charge on any atom is -0.443 e. The molecule has 3 rings (SSSR count). The summed E-state index contributed by atoms with van der Waals surface area (Å²) in [5, 5.41) is 7.81. The number of carbonyl (C=O) groups excluding carboxylic acids is 1. The second-order valence-electron chi connectivity index (χ2n) is 4.53. The first kappa shape index (κ1) is 12.3. The van der Waals surface area contributed by atoms with E-state index in [4.69, 9.17) is 4.74 Å². The van der Waals surface area contributed by atoms with Gasteiger partial charge in [0.1, 0.15) is 17.6 Å². The second kappa shape index (κ2) is 5.13. The van der Waals surface area contributed by atoms with E-state index in [1.807, 2.05) is 55.5 Å². The van der Waals surface area contributed by atoms with Crippen LogP contribution >= 0.6 is 0 Å². The van der Waals surface area contributed by atoms with E-state index in [1.165, 1.54) is 4.68 Å². The van der Waals surface area contributed by atoms with E-state index in [2.05, 4.69) is 10.3 Å². The highest BCUT2D eigenvalue weighted by molar-refractivity contribution is 5.85. The van der Waals surface area contributed by atoms with E-state index >= 15 is 0 Å². The van der Waals surface area contributed by atoms with E-state index in [9.17, 15) is 4.79 Å². The standard InChI is InChI=1S/C15H13N3O2/c1-11-7-8-14-13(9-11)16-17-18(14)15(19)20-10-12-5-3-2-4-6-12/h2-9H,10H2,1H3. The number of fused-ring (bicyclic) bond motifs is 1. The molecule has 2 aromatic carbocycles. The van der Waals surface area contributed by atoms with Crippen molar-refractivity contribution in [2.75, 3.05) is 0 Å². The number of ether oxygens (including phenoxy) is 1. The molecule has 0 fully saturated rings. The molecular weight excluding hydrogens is 254 g/mol. The smallest absolute Gasteiger partial charge is 0.437 e. The normalized spacial score (nSPS) is 10.7. The third-order valence-corrected chi connectivity index (χ3v) is 2.98. The number of aromatic nitrogens is 3. The van der Waals surface area contributed by atoms with Crippen molar-refractivity contribution in [2.24, 2.45) is 0 Å². The zero-order valence-corrected chi connectivity index (χ0v) is 11.0. The molecular formula is C15H13N3O2. The van der Waals surface area contributed by atoms with Crippen LogP contribution in [0.3, 0.4) is 0 Å². The fourth-order valence-corrected chi connectivity index (χ4v) is 1.95. The Morgan fingerprint density at radius 1 is 1.20 bits per heavy atom. The van der Waals surface area contributed by atoms with Crippen LogP contribution in [0.15, 0.2) is 48.5 Å². The van der Waals surface area contributed by atoms with Gasteiger partial charge in [0.05, 0.1) is 0 Å². The molecule has 1 aromatic heterocycles. The Labute approximate surface area is 115 Å². The van der Waals surface area contributed by atoms with Gasteiger partial charge < -0.3 is 4.74 Å². The molecule has 5 nitrogen and oxygen atoms in total. The lowest BCUT2D eigenvalue weighted by atomic mass is 10.2. The Morgan fingerprint density at radius 3 is 2.80 bits per heavy atom. The first-order valence-corrected chi connectivity index (χ1v) is 6.27. The lowest BCUT2D eigenvalue weighted by Crippen LogP contribution is -2.15. The Kier molecular flexibility index (Phi) is 3.16. The molecule has 20 heavy (non-hydrogen) atoms. The lowest BCUT2D eigenvalue weighted by molar-refractivity contribution is 0.138. The fraction of sp³-hybridized carbons (Fsp3) is 0.133. The first-order valence-electron chi connectivity index (χ1n) is 6.27. The summed E-state index contributed by atoms with van der Waals surface area (Å²) in [4.78, 5) is 12.0. The summed E-state index contributed by atoms with van der Waals surface area (Å²) in [5.41, 5.74) is 3.33. The number of nitrogens with zero attached hydrogens (tertiary/aromatic N) is 3. The lowest BCUT2D eigenvalue weighted by Gasteiger charge is -2.04. The summed E-state index contributed by atoms with van der Waals surface area (Å²) >= 11 is 0. The van der Waals surface area contributed by atoms with E-state index in [-0.39, 0.29) is 6.61 Å². The molecule has 3 aromatic rings. The fourth-order valence-electron chi connectivity index (χ4n) is 1.95. The van der Waals surface area contributed by atoms with Crippen LogP contribution in [0.1, 0.15) is 11.1 Å². The van der Waals surface area contributed by atoms with Crippen LogP contribution in [0.25, 0.3) is 11.0 Å². The van der Waals surface area contributed by atoms with Crippen LogP contribution in [0.5, 0.6) is 0 Å². The molecule has 100 valence electrons. The third-order valence-electron chi connectivity index (χ3n) is 2.98. The van der Waals surface area contributed by atoms with Crippen molar-refractivity contribution in [2.45, 2.75) is 13.5 Å². The quantitative estimate of drug-likeness (QED) is 0.716. The summed E-state index contributed by atoms with van der Waals surface area (Å²) in [6.45, 7) is 2.18.